The Morgan fingerprint density at radius 3 is 2.86 bits per heavy atom. The summed E-state index contributed by atoms with van der Waals surface area (Å²) >= 11 is 0. The van der Waals surface area contributed by atoms with Crippen LogP contribution in [0.15, 0.2) is 10.9 Å². The maximum absolute atomic E-state index is 12.1. The minimum absolute atomic E-state index is 0.00410. The summed E-state index contributed by atoms with van der Waals surface area (Å²) in [7, 11) is -1.71. The number of piperazine rings is 1. The van der Waals surface area contributed by atoms with Crippen molar-refractivity contribution in [3.63, 3.8) is 0 Å². The first kappa shape index (κ1) is 15.4. The maximum atomic E-state index is 12.1. The van der Waals surface area contributed by atoms with Crippen LogP contribution in [0.2, 0.25) is 0 Å². The van der Waals surface area contributed by atoms with Gasteiger partial charge in [0.05, 0.1) is 24.1 Å². The van der Waals surface area contributed by atoms with E-state index in [9.17, 15) is 13.2 Å². The molecule has 0 spiro atoms. The molecule has 1 aromatic rings. The van der Waals surface area contributed by atoms with Crippen LogP contribution >= 0.6 is 0 Å². The summed E-state index contributed by atoms with van der Waals surface area (Å²) in [6.07, 6.45) is 1.25. The summed E-state index contributed by atoms with van der Waals surface area (Å²) in [5.74, 6) is 0.385. The Labute approximate surface area is 128 Å². The quantitative estimate of drug-likeness (QED) is 0.658. The molecule has 1 amide bonds. The molecule has 0 aliphatic carbocycles. The van der Waals surface area contributed by atoms with Crippen molar-refractivity contribution >= 4 is 15.7 Å². The maximum Gasteiger partial charge on any atom is 0.248 e. The lowest BCUT2D eigenvalue weighted by Gasteiger charge is -2.43. The highest BCUT2D eigenvalue weighted by atomic mass is 32.2. The van der Waals surface area contributed by atoms with Gasteiger partial charge in [0.25, 0.3) is 0 Å². The lowest BCUT2D eigenvalue weighted by atomic mass is 10.0. The van der Waals surface area contributed by atoms with Crippen LogP contribution in [-0.2, 0) is 25.9 Å². The summed E-state index contributed by atoms with van der Waals surface area (Å²) in [5.41, 5.74) is 0. The topological polar surface area (TPSA) is 106 Å². The van der Waals surface area contributed by atoms with Gasteiger partial charge in [-0.25, -0.2) is 8.42 Å². The van der Waals surface area contributed by atoms with Crippen LogP contribution in [0.3, 0.4) is 0 Å². The summed E-state index contributed by atoms with van der Waals surface area (Å²) in [5, 5.41) is 3.77. The number of ether oxygens (including phenoxy) is 1. The molecule has 0 radical (unpaired) electrons. The van der Waals surface area contributed by atoms with Gasteiger partial charge in [0, 0.05) is 26.2 Å². The number of fused-ring (bicyclic) bond motifs is 1. The van der Waals surface area contributed by atoms with Crippen LogP contribution in [0, 0.1) is 0 Å². The van der Waals surface area contributed by atoms with Crippen molar-refractivity contribution in [3.05, 3.63) is 12.2 Å². The molecule has 3 heterocycles. The molecule has 2 aliphatic heterocycles. The second-order valence-electron chi connectivity index (χ2n) is 5.55. The number of sulfone groups is 1. The zero-order valence-corrected chi connectivity index (χ0v) is 13.0. The molecule has 0 unspecified atom stereocenters. The molecule has 0 N–H and O–H groups in total. The predicted molar refractivity (Wildman–Crippen MR) is 74.5 cm³/mol. The monoisotopic (exact) mass is 330 g/mol. The van der Waals surface area contributed by atoms with Crippen molar-refractivity contribution in [1.82, 2.24) is 19.9 Å². The highest BCUT2D eigenvalue weighted by molar-refractivity contribution is 7.91. The Hall–Kier alpha value is -1.52. The molecule has 0 aromatic carbocycles. The van der Waals surface area contributed by atoms with E-state index in [1.165, 1.54) is 13.5 Å². The molecule has 1 aromatic heterocycles. The number of aromatic nitrogens is 2. The zero-order valence-electron chi connectivity index (χ0n) is 12.2. The van der Waals surface area contributed by atoms with Crippen molar-refractivity contribution in [2.75, 3.05) is 38.3 Å². The first-order chi connectivity index (χ1) is 10.5. The fraction of sp³-hybridized carbons (Fsp3) is 0.750. The van der Waals surface area contributed by atoms with E-state index < -0.39 is 9.84 Å². The van der Waals surface area contributed by atoms with Crippen LogP contribution in [0.4, 0.5) is 0 Å². The van der Waals surface area contributed by atoms with Crippen molar-refractivity contribution in [2.24, 2.45) is 0 Å². The minimum atomic E-state index is -3.16. The normalized spacial score (nSPS) is 27.8. The number of methoxy groups -OCH3 is 1. The van der Waals surface area contributed by atoms with Gasteiger partial charge in [0.15, 0.2) is 15.7 Å². The van der Waals surface area contributed by atoms with Gasteiger partial charge >= 0.3 is 0 Å². The first-order valence-corrected chi connectivity index (χ1v) is 8.80. The van der Waals surface area contributed by atoms with Gasteiger partial charge in [-0.05, 0) is 0 Å². The van der Waals surface area contributed by atoms with Gasteiger partial charge in [-0.15, -0.1) is 0 Å². The second-order valence-corrected chi connectivity index (χ2v) is 7.70. The molecule has 10 heteroatoms. The third-order valence-electron chi connectivity index (χ3n) is 4.13. The van der Waals surface area contributed by atoms with Crippen molar-refractivity contribution in [1.29, 1.82) is 0 Å². The average Bonchev–Trinajstić information content (AvgIpc) is 3.05. The molecule has 0 bridgehead atoms. The summed E-state index contributed by atoms with van der Waals surface area (Å²) < 4.78 is 33.6. The Balaban J connectivity index is 1.79. The Bertz CT molecular complexity index is 632. The third-order valence-corrected chi connectivity index (χ3v) is 5.83. The summed E-state index contributed by atoms with van der Waals surface area (Å²) in [4.78, 5) is 19.7. The van der Waals surface area contributed by atoms with E-state index in [0.29, 0.717) is 25.5 Å². The molecular formula is C12H18N4O5S. The molecule has 2 atom stereocenters. The molecular weight excluding hydrogens is 312 g/mol. The number of hydrogen-bond donors (Lipinski definition) is 0. The highest BCUT2D eigenvalue weighted by Crippen LogP contribution is 2.27. The van der Waals surface area contributed by atoms with Crippen molar-refractivity contribution in [3.8, 4) is 0 Å². The number of hydrogen-bond acceptors (Lipinski definition) is 8. The van der Waals surface area contributed by atoms with E-state index in [0.717, 1.165) is 0 Å². The number of carbonyl (C=O) groups excluding carboxylic acids is 1. The molecule has 2 saturated heterocycles. The van der Waals surface area contributed by atoms with Crippen LogP contribution in [0.5, 0.6) is 0 Å². The molecule has 3 rings (SSSR count). The van der Waals surface area contributed by atoms with Gasteiger partial charge in [-0.2, -0.15) is 4.98 Å². The fourth-order valence-electron chi connectivity index (χ4n) is 3.18. The third kappa shape index (κ3) is 2.99. The smallest absolute Gasteiger partial charge is 0.248 e. The molecule has 0 saturated carbocycles. The van der Waals surface area contributed by atoms with Crippen molar-refractivity contribution in [2.45, 2.75) is 18.6 Å². The van der Waals surface area contributed by atoms with Gasteiger partial charge in [-0.1, -0.05) is 5.16 Å². The SMILES string of the molecule is COCC(=O)N1CCN(Cc2ncon2)[C@H]2CS(=O)(=O)C[C@H]21. The Kier molecular flexibility index (Phi) is 4.15. The second kappa shape index (κ2) is 5.94. The standard InChI is InChI=1S/C12H18N4O5S/c1-20-5-12(17)16-3-2-15(4-11-13-8-21-14-11)9-6-22(18,19)7-10(9)16/h8-10H,2-7H2,1H3/t9-,10+/m0/s1. The summed E-state index contributed by atoms with van der Waals surface area (Å²) in [6.45, 7) is 1.42. The lowest BCUT2D eigenvalue weighted by molar-refractivity contribution is -0.141. The molecule has 22 heavy (non-hydrogen) atoms. The summed E-state index contributed by atoms with van der Waals surface area (Å²) in [6, 6.07) is -0.577. The molecule has 2 aliphatic rings. The van der Waals surface area contributed by atoms with Gasteiger partial charge < -0.3 is 14.2 Å². The molecule has 122 valence electrons. The zero-order chi connectivity index (χ0) is 15.7. The Morgan fingerprint density at radius 2 is 2.18 bits per heavy atom. The van der Waals surface area contributed by atoms with E-state index in [1.807, 2.05) is 4.90 Å². The van der Waals surface area contributed by atoms with E-state index in [1.54, 1.807) is 4.90 Å². The number of nitrogens with zero attached hydrogens (tertiary/aromatic N) is 4. The van der Waals surface area contributed by atoms with Crippen LogP contribution in [0.1, 0.15) is 5.82 Å². The van der Waals surface area contributed by atoms with E-state index in [2.05, 4.69) is 10.1 Å². The largest absolute Gasteiger partial charge is 0.375 e. The van der Waals surface area contributed by atoms with Crippen LogP contribution < -0.4 is 0 Å². The first-order valence-electron chi connectivity index (χ1n) is 6.98. The van der Waals surface area contributed by atoms with Crippen LogP contribution in [-0.4, -0.2) is 84.7 Å². The van der Waals surface area contributed by atoms with E-state index in [4.69, 9.17) is 9.26 Å². The molecule has 2 fully saturated rings. The van der Waals surface area contributed by atoms with E-state index in [-0.39, 0.29) is 36.1 Å². The molecule has 9 nitrogen and oxygen atoms in total. The average molecular weight is 330 g/mol. The number of amides is 1. The van der Waals surface area contributed by atoms with Gasteiger partial charge in [-0.3, -0.25) is 9.69 Å². The number of rotatable bonds is 4. The minimum Gasteiger partial charge on any atom is -0.375 e. The highest BCUT2D eigenvalue weighted by Gasteiger charge is 2.48. The van der Waals surface area contributed by atoms with Crippen LogP contribution in [0.25, 0.3) is 0 Å². The Morgan fingerprint density at radius 1 is 1.41 bits per heavy atom. The van der Waals surface area contributed by atoms with E-state index >= 15 is 0 Å². The van der Waals surface area contributed by atoms with Crippen molar-refractivity contribution < 1.29 is 22.5 Å². The lowest BCUT2D eigenvalue weighted by Crippen LogP contribution is -2.60. The predicted octanol–water partition coefficient (Wildman–Crippen LogP) is -1.47. The van der Waals surface area contributed by atoms with Gasteiger partial charge in [0.1, 0.15) is 6.61 Å². The van der Waals surface area contributed by atoms with Gasteiger partial charge in [0.2, 0.25) is 12.3 Å². The fourth-order valence-corrected chi connectivity index (χ4v) is 5.19. The number of carbonyl (C=O) groups is 1.